The van der Waals surface area contributed by atoms with Gasteiger partial charge in [-0.05, 0) is 60.3 Å². The van der Waals surface area contributed by atoms with Gasteiger partial charge in [0, 0.05) is 6.04 Å². The molecule has 0 aromatic heterocycles. The highest BCUT2D eigenvalue weighted by Gasteiger charge is 2.11. The Bertz CT molecular complexity index is 367. The normalized spacial score (nSPS) is 12.3. The van der Waals surface area contributed by atoms with E-state index < -0.39 is 0 Å². The first-order valence-corrected chi connectivity index (χ1v) is 6.62. The maximum absolute atomic E-state index is 5.76. The fourth-order valence-corrected chi connectivity index (χ4v) is 2.20. The van der Waals surface area contributed by atoms with Crippen molar-refractivity contribution < 1.29 is 9.47 Å². The molecule has 0 saturated heterocycles. The van der Waals surface area contributed by atoms with Gasteiger partial charge in [-0.3, -0.25) is 0 Å². The van der Waals surface area contributed by atoms with Crippen LogP contribution in [0.4, 0.5) is 0 Å². The number of halogens is 1. The smallest absolute Gasteiger partial charge is 0.175 e. The van der Waals surface area contributed by atoms with E-state index in [1.165, 1.54) is 5.56 Å². The quantitative estimate of drug-likeness (QED) is 0.878. The highest BCUT2D eigenvalue weighted by molar-refractivity contribution is 9.10. The van der Waals surface area contributed by atoms with Gasteiger partial charge in [-0.25, -0.2) is 0 Å². The molecule has 0 aliphatic rings. The molecule has 4 heteroatoms. The maximum atomic E-state index is 5.76. The second-order valence-electron chi connectivity index (χ2n) is 4.06. The van der Waals surface area contributed by atoms with Crippen LogP contribution in [0.25, 0.3) is 0 Å². The Balaban J connectivity index is 2.92. The number of benzene rings is 1. The van der Waals surface area contributed by atoms with Crippen molar-refractivity contribution in [1.29, 1.82) is 0 Å². The first-order valence-electron chi connectivity index (χ1n) is 5.83. The zero-order valence-corrected chi connectivity index (χ0v) is 12.2. The summed E-state index contributed by atoms with van der Waals surface area (Å²) in [5.74, 6) is 1.53. The average molecular weight is 302 g/mol. The van der Waals surface area contributed by atoms with Crippen LogP contribution in [0, 0.1) is 0 Å². The Morgan fingerprint density at radius 2 is 2.12 bits per heavy atom. The molecule has 3 nitrogen and oxygen atoms in total. The van der Waals surface area contributed by atoms with Crippen LogP contribution in [0.1, 0.15) is 25.8 Å². The van der Waals surface area contributed by atoms with E-state index in [-0.39, 0.29) is 6.04 Å². The summed E-state index contributed by atoms with van der Waals surface area (Å²) in [6, 6.07) is 4.29. The van der Waals surface area contributed by atoms with Crippen molar-refractivity contribution in [2.24, 2.45) is 5.73 Å². The summed E-state index contributed by atoms with van der Waals surface area (Å²) in [6.45, 7) is 4.59. The van der Waals surface area contributed by atoms with Gasteiger partial charge in [0.15, 0.2) is 11.5 Å². The van der Waals surface area contributed by atoms with Crippen molar-refractivity contribution in [3.8, 4) is 11.5 Å². The van der Waals surface area contributed by atoms with E-state index in [0.717, 1.165) is 28.8 Å². The summed E-state index contributed by atoms with van der Waals surface area (Å²) in [7, 11) is 1.65. The van der Waals surface area contributed by atoms with Gasteiger partial charge in [0.2, 0.25) is 0 Å². The lowest BCUT2D eigenvalue weighted by Crippen LogP contribution is -2.15. The van der Waals surface area contributed by atoms with Gasteiger partial charge < -0.3 is 15.2 Å². The Kier molecular flexibility index (Phi) is 5.78. The Hall–Kier alpha value is -0.740. The SMILES string of the molecule is CCOc1c(Br)cc(CCC(C)N)cc1OC. The van der Waals surface area contributed by atoms with Gasteiger partial charge in [-0.15, -0.1) is 0 Å². The molecule has 1 unspecified atom stereocenters. The van der Waals surface area contributed by atoms with Gasteiger partial charge in [-0.1, -0.05) is 0 Å². The van der Waals surface area contributed by atoms with E-state index in [9.17, 15) is 0 Å². The molecule has 1 aromatic rings. The fourth-order valence-electron chi connectivity index (χ4n) is 1.60. The third-order valence-corrected chi connectivity index (χ3v) is 3.06. The van der Waals surface area contributed by atoms with Crippen molar-refractivity contribution in [3.05, 3.63) is 22.2 Å². The molecule has 0 aliphatic heterocycles. The molecule has 0 aliphatic carbocycles. The molecule has 1 aromatic carbocycles. The molecule has 0 fully saturated rings. The van der Waals surface area contributed by atoms with Gasteiger partial charge in [-0.2, -0.15) is 0 Å². The molecular formula is C13H20BrNO2. The van der Waals surface area contributed by atoms with Crippen molar-refractivity contribution in [2.75, 3.05) is 13.7 Å². The van der Waals surface area contributed by atoms with Crippen LogP contribution in [0.15, 0.2) is 16.6 Å². The largest absolute Gasteiger partial charge is 0.493 e. The molecule has 1 atom stereocenters. The van der Waals surface area contributed by atoms with Gasteiger partial charge in [0.05, 0.1) is 18.2 Å². The Morgan fingerprint density at radius 3 is 2.65 bits per heavy atom. The van der Waals surface area contributed by atoms with E-state index in [1.807, 2.05) is 19.9 Å². The first-order chi connectivity index (χ1) is 8.08. The van der Waals surface area contributed by atoms with Crippen molar-refractivity contribution in [2.45, 2.75) is 32.7 Å². The molecule has 96 valence electrons. The lowest BCUT2D eigenvalue weighted by Gasteiger charge is -2.13. The van der Waals surface area contributed by atoms with E-state index >= 15 is 0 Å². The first kappa shape index (κ1) is 14.3. The minimum absolute atomic E-state index is 0.214. The summed E-state index contributed by atoms with van der Waals surface area (Å²) in [6.07, 6.45) is 1.91. The highest BCUT2D eigenvalue weighted by Crippen LogP contribution is 2.36. The summed E-state index contributed by atoms with van der Waals surface area (Å²) in [5.41, 5.74) is 6.96. The number of hydrogen-bond acceptors (Lipinski definition) is 3. The number of hydrogen-bond donors (Lipinski definition) is 1. The zero-order valence-electron chi connectivity index (χ0n) is 10.6. The van der Waals surface area contributed by atoms with E-state index in [4.69, 9.17) is 15.2 Å². The second kappa shape index (κ2) is 6.87. The van der Waals surface area contributed by atoms with Crippen molar-refractivity contribution in [1.82, 2.24) is 0 Å². The number of ether oxygens (including phenoxy) is 2. The number of rotatable bonds is 6. The van der Waals surface area contributed by atoms with Crippen LogP contribution in [0.2, 0.25) is 0 Å². The number of aryl methyl sites for hydroxylation is 1. The van der Waals surface area contributed by atoms with E-state index in [2.05, 4.69) is 22.0 Å². The average Bonchev–Trinajstić information content (AvgIpc) is 2.29. The second-order valence-corrected chi connectivity index (χ2v) is 4.91. The molecule has 1 rings (SSSR count). The molecule has 2 N–H and O–H groups in total. The highest BCUT2D eigenvalue weighted by atomic mass is 79.9. The summed E-state index contributed by atoms with van der Waals surface area (Å²) >= 11 is 3.51. The standard InChI is InChI=1S/C13H20BrNO2/c1-4-17-13-11(14)7-10(6-5-9(2)15)8-12(13)16-3/h7-9H,4-6,15H2,1-3H3. The summed E-state index contributed by atoms with van der Waals surface area (Å²) in [4.78, 5) is 0. The summed E-state index contributed by atoms with van der Waals surface area (Å²) < 4.78 is 11.8. The minimum atomic E-state index is 0.214. The van der Waals surface area contributed by atoms with Gasteiger partial charge >= 0.3 is 0 Å². The Labute approximate surface area is 111 Å². The minimum Gasteiger partial charge on any atom is -0.493 e. The monoisotopic (exact) mass is 301 g/mol. The molecule has 0 radical (unpaired) electrons. The molecule has 0 amide bonds. The van der Waals surface area contributed by atoms with Crippen LogP contribution in [0.3, 0.4) is 0 Å². The third-order valence-electron chi connectivity index (χ3n) is 2.47. The van der Waals surface area contributed by atoms with Gasteiger partial charge in [0.1, 0.15) is 0 Å². The van der Waals surface area contributed by atoms with Crippen LogP contribution in [-0.4, -0.2) is 19.8 Å². The van der Waals surface area contributed by atoms with Gasteiger partial charge in [0.25, 0.3) is 0 Å². The van der Waals surface area contributed by atoms with Crippen LogP contribution < -0.4 is 15.2 Å². The summed E-state index contributed by atoms with van der Waals surface area (Å²) in [5, 5.41) is 0. The number of nitrogens with two attached hydrogens (primary N) is 1. The molecule has 0 spiro atoms. The number of methoxy groups -OCH3 is 1. The molecular weight excluding hydrogens is 282 g/mol. The predicted octanol–water partition coefficient (Wildman–Crippen LogP) is 3.14. The maximum Gasteiger partial charge on any atom is 0.175 e. The van der Waals surface area contributed by atoms with Crippen molar-refractivity contribution >= 4 is 15.9 Å². The van der Waals surface area contributed by atoms with Crippen LogP contribution >= 0.6 is 15.9 Å². The molecule has 0 heterocycles. The zero-order chi connectivity index (χ0) is 12.8. The molecule has 0 saturated carbocycles. The lowest BCUT2D eigenvalue weighted by molar-refractivity contribution is 0.308. The van der Waals surface area contributed by atoms with Crippen LogP contribution in [0.5, 0.6) is 11.5 Å². The fraction of sp³-hybridized carbons (Fsp3) is 0.538. The van der Waals surface area contributed by atoms with Crippen LogP contribution in [-0.2, 0) is 6.42 Å². The lowest BCUT2D eigenvalue weighted by atomic mass is 10.1. The van der Waals surface area contributed by atoms with E-state index in [1.54, 1.807) is 7.11 Å². The predicted molar refractivity (Wildman–Crippen MR) is 73.8 cm³/mol. The Morgan fingerprint density at radius 1 is 1.41 bits per heavy atom. The topological polar surface area (TPSA) is 44.5 Å². The molecule has 17 heavy (non-hydrogen) atoms. The molecule has 0 bridgehead atoms. The van der Waals surface area contributed by atoms with E-state index in [0.29, 0.717) is 6.61 Å². The third kappa shape index (κ3) is 4.21. The van der Waals surface area contributed by atoms with Crippen molar-refractivity contribution in [3.63, 3.8) is 0 Å².